The second-order valence-electron chi connectivity index (χ2n) is 3.15. The predicted octanol–water partition coefficient (Wildman–Crippen LogP) is 2.23. The van der Waals surface area contributed by atoms with Crippen LogP contribution in [0.3, 0.4) is 0 Å². The first kappa shape index (κ1) is 10.3. The maximum atomic E-state index is 9.76. The minimum atomic E-state index is -0.682. The van der Waals surface area contributed by atoms with E-state index in [1.807, 2.05) is 0 Å². The Hall–Kier alpha value is -1.18. The van der Waals surface area contributed by atoms with E-state index in [2.05, 4.69) is 21.9 Å². The highest BCUT2D eigenvalue weighted by atomic mass is 79.9. The molecular weight excluding hydrogens is 260 g/mol. The second-order valence-corrected chi connectivity index (χ2v) is 4.01. The number of rotatable bonds is 2. The average Bonchev–Trinajstić information content (AvgIpc) is 2.63. The van der Waals surface area contributed by atoms with Crippen LogP contribution in [0.1, 0.15) is 18.1 Å². The first-order valence-electron chi connectivity index (χ1n) is 4.43. The van der Waals surface area contributed by atoms with Gasteiger partial charge in [-0.15, -0.1) is 12.3 Å². The molecule has 0 radical (unpaired) electrons. The molecule has 1 aliphatic heterocycles. The van der Waals surface area contributed by atoms with E-state index in [1.54, 1.807) is 12.1 Å². The summed E-state index contributed by atoms with van der Waals surface area (Å²) in [5.74, 6) is 3.74. The zero-order chi connectivity index (χ0) is 10.8. The van der Waals surface area contributed by atoms with Gasteiger partial charge in [-0.05, 0) is 17.7 Å². The molecular formula is C11H9BrO3. The van der Waals surface area contributed by atoms with Crippen LogP contribution in [0.2, 0.25) is 0 Å². The molecule has 0 fully saturated rings. The van der Waals surface area contributed by atoms with Gasteiger partial charge in [-0.3, -0.25) is 0 Å². The predicted molar refractivity (Wildman–Crippen MR) is 58.7 cm³/mol. The number of terminal acetylenes is 1. The first-order valence-corrected chi connectivity index (χ1v) is 5.22. The maximum Gasteiger partial charge on any atom is 0.231 e. The van der Waals surface area contributed by atoms with Gasteiger partial charge in [0.05, 0.1) is 6.10 Å². The summed E-state index contributed by atoms with van der Waals surface area (Å²) in [6.45, 7) is 0.219. The van der Waals surface area contributed by atoms with Gasteiger partial charge in [0.25, 0.3) is 0 Å². The van der Waals surface area contributed by atoms with Crippen LogP contribution >= 0.6 is 15.9 Å². The van der Waals surface area contributed by atoms with E-state index in [0.717, 1.165) is 10.0 Å². The topological polar surface area (TPSA) is 38.7 Å². The fourth-order valence-electron chi connectivity index (χ4n) is 1.41. The molecule has 1 unspecified atom stereocenters. The molecule has 1 atom stereocenters. The highest BCUT2D eigenvalue weighted by Gasteiger charge is 2.19. The molecule has 3 nitrogen and oxygen atoms in total. The fraction of sp³-hybridized carbons (Fsp3) is 0.273. The van der Waals surface area contributed by atoms with Crippen molar-refractivity contribution in [1.82, 2.24) is 0 Å². The molecule has 1 aliphatic rings. The fourth-order valence-corrected chi connectivity index (χ4v) is 2.00. The van der Waals surface area contributed by atoms with Gasteiger partial charge in [0.15, 0.2) is 11.5 Å². The molecule has 78 valence electrons. The van der Waals surface area contributed by atoms with Crippen LogP contribution in [0, 0.1) is 12.3 Å². The lowest BCUT2D eigenvalue weighted by atomic mass is 10.1. The lowest BCUT2D eigenvalue weighted by Crippen LogP contribution is -1.97. The largest absolute Gasteiger partial charge is 0.454 e. The van der Waals surface area contributed by atoms with Crippen LogP contribution < -0.4 is 9.47 Å². The summed E-state index contributed by atoms with van der Waals surface area (Å²) in [5, 5.41) is 9.76. The molecule has 4 heteroatoms. The third-order valence-electron chi connectivity index (χ3n) is 2.16. The van der Waals surface area contributed by atoms with Crippen LogP contribution in [-0.2, 0) is 0 Å². The average molecular weight is 269 g/mol. The van der Waals surface area contributed by atoms with Crippen LogP contribution in [0.5, 0.6) is 11.5 Å². The van der Waals surface area contributed by atoms with Crippen molar-refractivity contribution < 1.29 is 14.6 Å². The highest BCUT2D eigenvalue weighted by molar-refractivity contribution is 9.10. The monoisotopic (exact) mass is 268 g/mol. The van der Waals surface area contributed by atoms with E-state index in [9.17, 15) is 5.11 Å². The summed E-state index contributed by atoms with van der Waals surface area (Å²) in [4.78, 5) is 0. The Morgan fingerprint density at radius 2 is 2.13 bits per heavy atom. The molecule has 2 rings (SSSR count). The molecule has 1 heterocycles. The van der Waals surface area contributed by atoms with Crippen molar-refractivity contribution in [3.8, 4) is 23.8 Å². The standard InChI is InChI=1S/C11H9BrO3/c1-2-3-9(13)7-4-10-11(5-8(7)12)15-6-14-10/h1,4-5,9,13H,3,6H2. The Morgan fingerprint density at radius 3 is 2.80 bits per heavy atom. The molecule has 1 N–H and O–H groups in total. The summed E-state index contributed by atoms with van der Waals surface area (Å²) in [5.41, 5.74) is 0.720. The number of benzene rings is 1. The molecule has 0 aromatic heterocycles. The Kier molecular flexibility index (Phi) is 2.85. The normalized spacial score (nSPS) is 14.7. The number of fused-ring (bicyclic) bond motifs is 1. The lowest BCUT2D eigenvalue weighted by molar-refractivity contribution is 0.172. The van der Waals surface area contributed by atoms with E-state index in [-0.39, 0.29) is 13.2 Å². The van der Waals surface area contributed by atoms with E-state index in [4.69, 9.17) is 15.9 Å². The summed E-state index contributed by atoms with van der Waals surface area (Å²) in [6.07, 6.45) is 4.74. The van der Waals surface area contributed by atoms with Crippen LogP contribution in [0.4, 0.5) is 0 Å². The summed E-state index contributed by atoms with van der Waals surface area (Å²) >= 11 is 3.36. The highest BCUT2D eigenvalue weighted by Crippen LogP contribution is 2.39. The number of aliphatic hydroxyl groups is 1. The lowest BCUT2D eigenvalue weighted by Gasteiger charge is -2.10. The van der Waals surface area contributed by atoms with Gasteiger partial charge >= 0.3 is 0 Å². The van der Waals surface area contributed by atoms with E-state index in [1.165, 1.54) is 0 Å². The van der Waals surface area contributed by atoms with E-state index in [0.29, 0.717) is 11.5 Å². The van der Waals surface area contributed by atoms with Gasteiger partial charge in [-0.2, -0.15) is 0 Å². The van der Waals surface area contributed by atoms with Gasteiger partial charge in [-0.1, -0.05) is 15.9 Å². The molecule has 0 saturated heterocycles. The number of aliphatic hydroxyl groups excluding tert-OH is 1. The maximum absolute atomic E-state index is 9.76. The van der Waals surface area contributed by atoms with Crippen molar-refractivity contribution >= 4 is 15.9 Å². The molecule has 0 amide bonds. The smallest absolute Gasteiger partial charge is 0.231 e. The first-order chi connectivity index (χ1) is 7.22. The molecule has 1 aromatic rings. The summed E-state index contributed by atoms with van der Waals surface area (Å²) < 4.78 is 11.2. The second kappa shape index (κ2) is 4.13. The SMILES string of the molecule is C#CCC(O)c1cc2c(cc1Br)OCO2. The van der Waals surface area contributed by atoms with Crippen molar-refractivity contribution in [2.75, 3.05) is 6.79 Å². The van der Waals surface area contributed by atoms with Crippen LogP contribution in [0.25, 0.3) is 0 Å². The number of ether oxygens (including phenoxy) is 2. The van der Waals surface area contributed by atoms with Crippen molar-refractivity contribution in [2.24, 2.45) is 0 Å². The Bertz CT molecular complexity index is 423. The van der Waals surface area contributed by atoms with Crippen LogP contribution in [-0.4, -0.2) is 11.9 Å². The van der Waals surface area contributed by atoms with Crippen LogP contribution in [0.15, 0.2) is 16.6 Å². The zero-order valence-electron chi connectivity index (χ0n) is 7.87. The minimum Gasteiger partial charge on any atom is -0.454 e. The van der Waals surface area contributed by atoms with Crippen molar-refractivity contribution in [3.63, 3.8) is 0 Å². The molecule has 15 heavy (non-hydrogen) atoms. The van der Waals surface area contributed by atoms with E-state index < -0.39 is 6.10 Å². The quantitative estimate of drug-likeness (QED) is 0.837. The van der Waals surface area contributed by atoms with Gasteiger partial charge in [0.1, 0.15) is 0 Å². The third kappa shape index (κ3) is 1.94. The van der Waals surface area contributed by atoms with Crippen molar-refractivity contribution in [2.45, 2.75) is 12.5 Å². The van der Waals surface area contributed by atoms with E-state index >= 15 is 0 Å². The Labute approximate surface area is 96.1 Å². The Balaban J connectivity index is 2.37. The third-order valence-corrected chi connectivity index (χ3v) is 2.85. The summed E-state index contributed by atoms with van der Waals surface area (Å²) in [7, 11) is 0. The molecule has 0 saturated carbocycles. The van der Waals surface area contributed by atoms with Gasteiger partial charge in [0, 0.05) is 10.9 Å². The number of hydrogen-bond acceptors (Lipinski definition) is 3. The molecule has 0 bridgehead atoms. The van der Waals surface area contributed by atoms with Gasteiger partial charge < -0.3 is 14.6 Å². The molecule has 0 aliphatic carbocycles. The minimum absolute atomic E-state index is 0.219. The zero-order valence-corrected chi connectivity index (χ0v) is 9.45. The van der Waals surface area contributed by atoms with Crippen molar-refractivity contribution in [1.29, 1.82) is 0 Å². The summed E-state index contributed by atoms with van der Waals surface area (Å²) in [6, 6.07) is 3.52. The van der Waals surface area contributed by atoms with Crippen molar-refractivity contribution in [3.05, 3.63) is 22.2 Å². The number of hydrogen-bond donors (Lipinski definition) is 1. The Morgan fingerprint density at radius 1 is 1.47 bits per heavy atom. The van der Waals surface area contributed by atoms with Gasteiger partial charge in [-0.25, -0.2) is 0 Å². The van der Waals surface area contributed by atoms with Gasteiger partial charge in [0.2, 0.25) is 6.79 Å². The molecule has 1 aromatic carbocycles. The molecule has 0 spiro atoms. The number of halogens is 1.